The largest absolute Gasteiger partial charge is 0.573 e. The minimum Gasteiger partial charge on any atom is -0.406 e. The first-order valence-corrected chi connectivity index (χ1v) is 9.41. The molecule has 2 rings (SSSR count). The molecular weight excluding hydrogens is 383 g/mol. The summed E-state index contributed by atoms with van der Waals surface area (Å²) in [5.41, 5.74) is 0.705. The van der Waals surface area contributed by atoms with E-state index in [0.29, 0.717) is 12.1 Å². The molecule has 0 aliphatic carbocycles. The number of hydrogen-bond acceptors (Lipinski definition) is 5. The van der Waals surface area contributed by atoms with Crippen LogP contribution in [0.3, 0.4) is 0 Å². The Morgan fingerprint density at radius 3 is 2.26 bits per heavy atom. The summed E-state index contributed by atoms with van der Waals surface area (Å²) < 4.78 is 67.8. The third-order valence-electron chi connectivity index (χ3n) is 3.57. The number of aromatic nitrogens is 1. The molecule has 10 heteroatoms. The van der Waals surface area contributed by atoms with E-state index in [1.54, 1.807) is 24.5 Å². The molecule has 1 aromatic heterocycles. The van der Waals surface area contributed by atoms with Crippen LogP contribution < -0.4 is 4.74 Å². The second-order valence-electron chi connectivity index (χ2n) is 6.02. The van der Waals surface area contributed by atoms with Crippen LogP contribution in [0.15, 0.2) is 53.7 Å². The van der Waals surface area contributed by atoms with Gasteiger partial charge in [-0.15, -0.1) is 13.2 Å². The average molecular weight is 403 g/mol. The average Bonchev–Trinajstić information content (AvgIpc) is 2.58. The fraction of sp³-hybridized carbons (Fsp3) is 0.353. The maximum absolute atomic E-state index is 13.0. The number of ether oxygens (including phenoxy) is 1. The summed E-state index contributed by atoms with van der Waals surface area (Å²) in [7, 11) is -0.278. The van der Waals surface area contributed by atoms with E-state index in [-0.39, 0.29) is 18.0 Å². The highest BCUT2D eigenvalue weighted by Gasteiger charge is 2.31. The standard InChI is InChI=1S/C17H20F3N3O3S/c1-22(2)10-11-23(13-14-4-3-9-21-12-14)27(24,25)16-7-5-15(6-8-16)26-17(18,19)20/h3-9,12H,10-11,13H2,1-2H3. The molecule has 0 bridgehead atoms. The van der Waals surface area contributed by atoms with E-state index >= 15 is 0 Å². The van der Waals surface area contributed by atoms with Crippen LogP contribution in [0.25, 0.3) is 0 Å². The summed E-state index contributed by atoms with van der Waals surface area (Å²) >= 11 is 0. The second kappa shape index (κ2) is 8.68. The molecular formula is C17H20F3N3O3S. The quantitative estimate of drug-likeness (QED) is 0.678. The molecule has 0 unspecified atom stereocenters. The van der Waals surface area contributed by atoms with Crippen molar-refractivity contribution < 1.29 is 26.3 Å². The monoisotopic (exact) mass is 403 g/mol. The van der Waals surface area contributed by atoms with E-state index in [1.165, 1.54) is 4.31 Å². The van der Waals surface area contributed by atoms with Crippen LogP contribution >= 0.6 is 0 Å². The Morgan fingerprint density at radius 1 is 1.07 bits per heavy atom. The van der Waals surface area contributed by atoms with Crippen molar-refractivity contribution >= 4 is 10.0 Å². The van der Waals surface area contributed by atoms with Crippen molar-refractivity contribution in [2.45, 2.75) is 17.8 Å². The molecule has 1 aromatic carbocycles. The van der Waals surface area contributed by atoms with Gasteiger partial charge < -0.3 is 9.64 Å². The SMILES string of the molecule is CN(C)CCN(Cc1cccnc1)S(=O)(=O)c1ccc(OC(F)(F)F)cc1. The van der Waals surface area contributed by atoms with Crippen LogP contribution in [-0.2, 0) is 16.6 Å². The molecule has 0 saturated heterocycles. The minimum atomic E-state index is -4.83. The van der Waals surface area contributed by atoms with Gasteiger partial charge in [0.25, 0.3) is 0 Å². The third-order valence-corrected chi connectivity index (χ3v) is 5.43. The zero-order valence-electron chi connectivity index (χ0n) is 14.8. The van der Waals surface area contributed by atoms with Crippen molar-refractivity contribution in [3.05, 3.63) is 54.4 Å². The number of benzene rings is 1. The van der Waals surface area contributed by atoms with Crippen molar-refractivity contribution in [3.63, 3.8) is 0 Å². The van der Waals surface area contributed by atoms with Crippen LogP contribution in [0, 0.1) is 0 Å². The zero-order chi connectivity index (χ0) is 20.1. The summed E-state index contributed by atoms with van der Waals surface area (Å²) in [5, 5.41) is 0. The predicted molar refractivity (Wildman–Crippen MR) is 93.5 cm³/mol. The highest BCUT2D eigenvalue weighted by molar-refractivity contribution is 7.89. The lowest BCUT2D eigenvalue weighted by Gasteiger charge is -2.24. The first-order valence-electron chi connectivity index (χ1n) is 7.97. The third kappa shape index (κ3) is 6.49. The van der Waals surface area contributed by atoms with Crippen LogP contribution in [0.4, 0.5) is 13.2 Å². The fourth-order valence-corrected chi connectivity index (χ4v) is 3.67. The van der Waals surface area contributed by atoms with Gasteiger partial charge in [0.15, 0.2) is 0 Å². The van der Waals surface area contributed by atoms with E-state index < -0.39 is 22.1 Å². The Hall–Kier alpha value is -2.17. The molecule has 0 saturated carbocycles. The first-order chi connectivity index (χ1) is 12.6. The van der Waals surface area contributed by atoms with E-state index in [1.807, 2.05) is 19.0 Å². The number of halogens is 3. The van der Waals surface area contributed by atoms with Crippen LogP contribution in [0.5, 0.6) is 5.75 Å². The van der Waals surface area contributed by atoms with Crippen molar-refractivity contribution in [1.29, 1.82) is 0 Å². The van der Waals surface area contributed by atoms with Crippen molar-refractivity contribution in [2.24, 2.45) is 0 Å². The van der Waals surface area contributed by atoms with Gasteiger partial charge >= 0.3 is 6.36 Å². The van der Waals surface area contributed by atoms with E-state index in [9.17, 15) is 21.6 Å². The van der Waals surface area contributed by atoms with Gasteiger partial charge in [0.1, 0.15) is 5.75 Å². The first kappa shape index (κ1) is 21.1. The van der Waals surface area contributed by atoms with Gasteiger partial charge in [0.05, 0.1) is 4.90 Å². The number of pyridine rings is 1. The van der Waals surface area contributed by atoms with Crippen LogP contribution in [0.1, 0.15) is 5.56 Å². The Kier molecular flexibility index (Phi) is 6.79. The van der Waals surface area contributed by atoms with E-state index in [0.717, 1.165) is 24.3 Å². The number of hydrogen-bond donors (Lipinski definition) is 0. The molecule has 2 aromatic rings. The maximum Gasteiger partial charge on any atom is 0.573 e. The molecule has 0 atom stereocenters. The lowest BCUT2D eigenvalue weighted by Crippen LogP contribution is -2.36. The van der Waals surface area contributed by atoms with E-state index in [2.05, 4.69) is 9.72 Å². The number of nitrogens with zero attached hydrogens (tertiary/aromatic N) is 3. The fourth-order valence-electron chi connectivity index (χ4n) is 2.25. The smallest absolute Gasteiger partial charge is 0.406 e. The topological polar surface area (TPSA) is 62.7 Å². The Bertz CT molecular complexity index is 826. The highest BCUT2D eigenvalue weighted by atomic mass is 32.2. The van der Waals surface area contributed by atoms with E-state index in [4.69, 9.17) is 0 Å². The number of alkyl halides is 3. The van der Waals surface area contributed by atoms with Gasteiger partial charge in [-0.1, -0.05) is 6.07 Å². The van der Waals surface area contributed by atoms with Crippen LogP contribution in [-0.4, -0.2) is 56.2 Å². The van der Waals surface area contributed by atoms with Crippen molar-refractivity contribution in [3.8, 4) is 5.75 Å². The Labute approximate surface area is 156 Å². The normalized spacial score (nSPS) is 12.6. The summed E-state index contributed by atoms with van der Waals surface area (Å²) in [5.74, 6) is -0.478. The zero-order valence-corrected chi connectivity index (χ0v) is 15.7. The number of rotatable bonds is 8. The van der Waals surface area contributed by atoms with Gasteiger partial charge in [0, 0.05) is 32.0 Å². The Morgan fingerprint density at radius 2 is 1.74 bits per heavy atom. The molecule has 27 heavy (non-hydrogen) atoms. The van der Waals surface area contributed by atoms with Crippen molar-refractivity contribution in [2.75, 3.05) is 27.2 Å². The molecule has 0 radical (unpaired) electrons. The molecule has 0 amide bonds. The summed E-state index contributed by atoms with van der Waals surface area (Å²) in [4.78, 5) is 5.71. The van der Waals surface area contributed by atoms with Crippen LogP contribution in [0.2, 0.25) is 0 Å². The van der Waals surface area contributed by atoms with Crippen molar-refractivity contribution in [1.82, 2.24) is 14.2 Å². The van der Waals surface area contributed by atoms with Gasteiger partial charge in [-0.3, -0.25) is 4.98 Å². The predicted octanol–water partition coefficient (Wildman–Crippen LogP) is 2.73. The van der Waals surface area contributed by atoms with Gasteiger partial charge in [0.2, 0.25) is 10.0 Å². The molecule has 0 aliphatic heterocycles. The lowest BCUT2D eigenvalue weighted by molar-refractivity contribution is -0.274. The molecule has 0 fully saturated rings. The Balaban J connectivity index is 2.26. The molecule has 148 valence electrons. The minimum absolute atomic E-state index is 0.102. The highest BCUT2D eigenvalue weighted by Crippen LogP contribution is 2.25. The van der Waals surface area contributed by atoms with Gasteiger partial charge in [-0.05, 0) is 50.0 Å². The summed E-state index contributed by atoms with van der Waals surface area (Å²) in [6.45, 7) is 0.796. The molecule has 0 aliphatic rings. The second-order valence-corrected chi connectivity index (χ2v) is 7.96. The van der Waals surface area contributed by atoms with Gasteiger partial charge in [-0.25, -0.2) is 8.42 Å². The summed E-state index contributed by atoms with van der Waals surface area (Å²) in [6, 6.07) is 7.62. The summed E-state index contributed by atoms with van der Waals surface area (Å²) in [6.07, 6.45) is -1.68. The molecule has 0 N–H and O–H groups in total. The molecule has 1 heterocycles. The molecule has 0 spiro atoms. The molecule has 6 nitrogen and oxygen atoms in total. The maximum atomic E-state index is 13.0. The number of sulfonamides is 1. The van der Waals surface area contributed by atoms with Gasteiger partial charge in [-0.2, -0.15) is 4.31 Å². The number of likely N-dealkylation sites (N-methyl/N-ethyl adjacent to an activating group) is 1. The lowest BCUT2D eigenvalue weighted by atomic mass is 10.3.